The standard InChI is InChI=1S/C16H26N4O/c1-3-8-17-14-6-7-15(18-11-14)16(21)19-10-13-5-4-9-20(2)12-13/h6-7,11,13,17H,3-5,8-10,12H2,1-2H3,(H,19,21). The topological polar surface area (TPSA) is 57.3 Å². The maximum Gasteiger partial charge on any atom is 0.269 e. The van der Waals surface area contributed by atoms with Gasteiger partial charge in [-0.3, -0.25) is 4.79 Å². The fraction of sp³-hybridized carbons (Fsp3) is 0.625. The zero-order valence-corrected chi connectivity index (χ0v) is 13.1. The van der Waals surface area contributed by atoms with E-state index in [1.165, 1.54) is 12.8 Å². The summed E-state index contributed by atoms with van der Waals surface area (Å²) in [5.41, 5.74) is 1.45. The number of carbonyl (C=O) groups excluding carboxylic acids is 1. The number of rotatable bonds is 6. The molecule has 1 fully saturated rings. The zero-order valence-electron chi connectivity index (χ0n) is 13.1. The minimum Gasteiger partial charge on any atom is -0.384 e. The van der Waals surface area contributed by atoms with Crippen LogP contribution in [0.3, 0.4) is 0 Å². The van der Waals surface area contributed by atoms with Crippen LogP contribution in [0.15, 0.2) is 18.3 Å². The Labute approximate surface area is 127 Å². The molecule has 0 bridgehead atoms. The number of nitrogens with zero attached hydrogens (tertiary/aromatic N) is 2. The molecule has 5 nitrogen and oxygen atoms in total. The Morgan fingerprint density at radius 3 is 3.00 bits per heavy atom. The summed E-state index contributed by atoms with van der Waals surface area (Å²) >= 11 is 0. The second-order valence-corrected chi connectivity index (χ2v) is 5.84. The van der Waals surface area contributed by atoms with Crippen LogP contribution in [0.2, 0.25) is 0 Å². The van der Waals surface area contributed by atoms with Gasteiger partial charge in [0.25, 0.3) is 5.91 Å². The van der Waals surface area contributed by atoms with Gasteiger partial charge in [0.15, 0.2) is 0 Å². The number of aromatic nitrogens is 1. The lowest BCUT2D eigenvalue weighted by molar-refractivity contribution is 0.0932. The average molecular weight is 290 g/mol. The number of pyridine rings is 1. The fourth-order valence-electron chi connectivity index (χ4n) is 2.67. The van der Waals surface area contributed by atoms with Gasteiger partial charge in [-0.2, -0.15) is 0 Å². The number of anilines is 1. The van der Waals surface area contributed by atoms with Gasteiger partial charge in [0.05, 0.1) is 11.9 Å². The third-order valence-electron chi connectivity index (χ3n) is 3.85. The number of hydrogen-bond donors (Lipinski definition) is 2. The Bertz CT molecular complexity index is 446. The van der Waals surface area contributed by atoms with Gasteiger partial charge in [0, 0.05) is 19.6 Å². The molecule has 2 heterocycles. The predicted octanol–water partition coefficient (Wildman–Crippen LogP) is 1.98. The summed E-state index contributed by atoms with van der Waals surface area (Å²) in [6, 6.07) is 3.69. The Morgan fingerprint density at radius 2 is 2.33 bits per heavy atom. The van der Waals surface area contributed by atoms with Crippen molar-refractivity contribution in [3.63, 3.8) is 0 Å². The summed E-state index contributed by atoms with van der Waals surface area (Å²) in [5, 5.41) is 6.25. The minimum atomic E-state index is -0.0785. The van der Waals surface area contributed by atoms with Gasteiger partial charge in [-0.05, 0) is 50.9 Å². The van der Waals surface area contributed by atoms with Crippen LogP contribution >= 0.6 is 0 Å². The lowest BCUT2D eigenvalue weighted by Crippen LogP contribution is -2.39. The highest BCUT2D eigenvalue weighted by atomic mass is 16.1. The lowest BCUT2D eigenvalue weighted by atomic mass is 9.98. The first kappa shape index (κ1) is 15.8. The SMILES string of the molecule is CCCNc1ccc(C(=O)NCC2CCCN(C)C2)nc1. The number of likely N-dealkylation sites (tertiary alicyclic amines) is 1. The van der Waals surface area contributed by atoms with E-state index in [4.69, 9.17) is 0 Å². The highest BCUT2D eigenvalue weighted by Crippen LogP contribution is 2.14. The van der Waals surface area contributed by atoms with E-state index >= 15 is 0 Å². The maximum atomic E-state index is 12.1. The Hall–Kier alpha value is -1.62. The minimum absolute atomic E-state index is 0.0785. The largest absolute Gasteiger partial charge is 0.384 e. The molecule has 1 unspecified atom stereocenters. The molecule has 2 N–H and O–H groups in total. The van der Waals surface area contributed by atoms with Crippen molar-refractivity contribution in [1.82, 2.24) is 15.2 Å². The van der Waals surface area contributed by atoms with E-state index in [2.05, 4.69) is 34.5 Å². The van der Waals surface area contributed by atoms with Gasteiger partial charge in [0.2, 0.25) is 0 Å². The van der Waals surface area contributed by atoms with Crippen molar-refractivity contribution in [2.75, 3.05) is 38.5 Å². The highest BCUT2D eigenvalue weighted by Gasteiger charge is 2.18. The number of carbonyl (C=O) groups is 1. The Balaban J connectivity index is 1.79. The molecule has 1 amide bonds. The molecular formula is C16H26N4O. The van der Waals surface area contributed by atoms with Crippen molar-refractivity contribution in [3.05, 3.63) is 24.0 Å². The van der Waals surface area contributed by atoms with E-state index in [-0.39, 0.29) is 5.91 Å². The number of amides is 1. The zero-order chi connectivity index (χ0) is 15.1. The molecule has 0 aromatic carbocycles. The van der Waals surface area contributed by atoms with Crippen molar-refractivity contribution in [2.45, 2.75) is 26.2 Å². The molecule has 21 heavy (non-hydrogen) atoms. The van der Waals surface area contributed by atoms with E-state index in [1.807, 2.05) is 6.07 Å². The van der Waals surface area contributed by atoms with E-state index < -0.39 is 0 Å². The van der Waals surface area contributed by atoms with Gasteiger partial charge >= 0.3 is 0 Å². The number of nitrogens with one attached hydrogen (secondary N) is 2. The van der Waals surface area contributed by atoms with Crippen LogP contribution in [0.4, 0.5) is 5.69 Å². The van der Waals surface area contributed by atoms with E-state index in [1.54, 1.807) is 12.3 Å². The maximum absolute atomic E-state index is 12.1. The first-order valence-corrected chi connectivity index (χ1v) is 7.85. The van der Waals surface area contributed by atoms with Crippen LogP contribution in [0.25, 0.3) is 0 Å². The van der Waals surface area contributed by atoms with Gasteiger partial charge in [-0.1, -0.05) is 6.92 Å². The summed E-state index contributed by atoms with van der Waals surface area (Å²) in [5.74, 6) is 0.475. The summed E-state index contributed by atoms with van der Waals surface area (Å²) in [4.78, 5) is 18.6. The summed E-state index contributed by atoms with van der Waals surface area (Å²) in [7, 11) is 2.14. The van der Waals surface area contributed by atoms with Gasteiger partial charge in [-0.15, -0.1) is 0 Å². The van der Waals surface area contributed by atoms with E-state index in [0.29, 0.717) is 11.6 Å². The van der Waals surface area contributed by atoms with E-state index in [9.17, 15) is 4.79 Å². The predicted molar refractivity (Wildman–Crippen MR) is 85.6 cm³/mol. The Kier molecular flexibility index (Phi) is 5.99. The lowest BCUT2D eigenvalue weighted by Gasteiger charge is -2.29. The van der Waals surface area contributed by atoms with Crippen molar-refractivity contribution in [2.24, 2.45) is 5.92 Å². The van der Waals surface area contributed by atoms with E-state index in [0.717, 1.165) is 38.3 Å². The molecule has 1 aliphatic rings. The molecule has 1 aliphatic heterocycles. The molecule has 116 valence electrons. The van der Waals surface area contributed by atoms with Crippen LogP contribution in [-0.4, -0.2) is 49.0 Å². The number of hydrogen-bond acceptors (Lipinski definition) is 4. The van der Waals surface area contributed by atoms with Crippen LogP contribution in [0, 0.1) is 5.92 Å². The third-order valence-corrected chi connectivity index (χ3v) is 3.85. The normalized spacial score (nSPS) is 19.2. The average Bonchev–Trinajstić information content (AvgIpc) is 2.51. The molecule has 1 aromatic heterocycles. The quantitative estimate of drug-likeness (QED) is 0.841. The smallest absolute Gasteiger partial charge is 0.269 e. The third kappa shape index (κ3) is 5.01. The van der Waals surface area contributed by atoms with Crippen molar-refractivity contribution >= 4 is 11.6 Å². The van der Waals surface area contributed by atoms with Crippen molar-refractivity contribution in [3.8, 4) is 0 Å². The molecule has 5 heteroatoms. The molecule has 0 aliphatic carbocycles. The van der Waals surface area contributed by atoms with Crippen LogP contribution < -0.4 is 10.6 Å². The first-order chi connectivity index (χ1) is 10.2. The molecule has 0 spiro atoms. The summed E-state index contributed by atoms with van der Waals surface area (Å²) in [6.45, 7) is 6.00. The Morgan fingerprint density at radius 1 is 1.48 bits per heavy atom. The molecule has 1 aromatic rings. The van der Waals surface area contributed by atoms with Gasteiger partial charge in [0.1, 0.15) is 5.69 Å². The van der Waals surface area contributed by atoms with Gasteiger partial charge < -0.3 is 15.5 Å². The monoisotopic (exact) mass is 290 g/mol. The molecule has 2 rings (SSSR count). The fourth-order valence-corrected chi connectivity index (χ4v) is 2.67. The van der Waals surface area contributed by atoms with Crippen LogP contribution in [0.1, 0.15) is 36.7 Å². The van der Waals surface area contributed by atoms with Crippen LogP contribution in [-0.2, 0) is 0 Å². The molecule has 0 radical (unpaired) electrons. The molecular weight excluding hydrogens is 264 g/mol. The molecule has 0 saturated carbocycles. The van der Waals surface area contributed by atoms with Crippen molar-refractivity contribution in [1.29, 1.82) is 0 Å². The highest BCUT2D eigenvalue weighted by molar-refractivity contribution is 5.92. The second kappa shape index (κ2) is 7.98. The summed E-state index contributed by atoms with van der Waals surface area (Å²) in [6.07, 6.45) is 5.20. The van der Waals surface area contributed by atoms with Gasteiger partial charge in [-0.25, -0.2) is 4.98 Å². The molecule has 1 atom stereocenters. The second-order valence-electron chi connectivity index (χ2n) is 5.84. The molecule has 1 saturated heterocycles. The number of piperidine rings is 1. The summed E-state index contributed by atoms with van der Waals surface area (Å²) < 4.78 is 0. The first-order valence-electron chi connectivity index (χ1n) is 7.85. The van der Waals surface area contributed by atoms with Crippen LogP contribution in [0.5, 0.6) is 0 Å². The van der Waals surface area contributed by atoms with Crippen molar-refractivity contribution < 1.29 is 4.79 Å².